The number of morpholine rings is 1. The molecule has 0 unspecified atom stereocenters. The monoisotopic (exact) mass is 282 g/mol. The minimum Gasteiger partial charge on any atom is -0.379 e. The molecule has 0 bridgehead atoms. The topological polar surface area (TPSA) is 55.6 Å². The summed E-state index contributed by atoms with van der Waals surface area (Å²) in [6.45, 7) is 4.54. The Hall–Kier alpha value is -0.940. The molecule has 1 saturated heterocycles. The van der Waals surface area contributed by atoms with Gasteiger partial charge in [0.25, 0.3) is 0 Å². The number of halogens is 1. The molecule has 0 atom stereocenters. The van der Waals surface area contributed by atoms with Gasteiger partial charge in [0.2, 0.25) is 0 Å². The van der Waals surface area contributed by atoms with Gasteiger partial charge in [-0.2, -0.15) is 0 Å². The van der Waals surface area contributed by atoms with Crippen molar-refractivity contribution in [2.24, 2.45) is 5.73 Å². The second kappa shape index (κ2) is 7.01. The van der Waals surface area contributed by atoms with E-state index in [1.165, 1.54) is 0 Å². The summed E-state index contributed by atoms with van der Waals surface area (Å²) in [7, 11) is 0. The van der Waals surface area contributed by atoms with Crippen molar-refractivity contribution in [1.29, 1.82) is 0 Å². The van der Waals surface area contributed by atoms with Crippen LogP contribution in [0.2, 0.25) is 5.02 Å². The van der Waals surface area contributed by atoms with Crippen LogP contribution in [0, 0.1) is 0 Å². The molecule has 4 nitrogen and oxygen atoms in total. The molecule has 0 spiro atoms. The normalized spacial score (nSPS) is 16.5. The number of nitrogens with zero attached hydrogens (tertiary/aromatic N) is 1. The molecule has 104 valence electrons. The van der Waals surface area contributed by atoms with E-state index in [0.717, 1.165) is 38.4 Å². The minimum atomic E-state index is 0.0438. The Bertz CT molecular complexity index is 445. The SMILES string of the molecule is NCCC(=O)c1ccc(CN2CCOCC2)c(Cl)c1. The Balaban J connectivity index is 2.04. The number of carbonyl (C=O) groups excluding carboxylic acids is 1. The Morgan fingerprint density at radius 3 is 2.74 bits per heavy atom. The van der Waals surface area contributed by atoms with Crippen LogP contribution in [0.1, 0.15) is 22.3 Å². The van der Waals surface area contributed by atoms with Gasteiger partial charge in [-0.05, 0) is 18.2 Å². The molecule has 1 aliphatic rings. The van der Waals surface area contributed by atoms with E-state index in [4.69, 9.17) is 22.1 Å². The lowest BCUT2D eigenvalue weighted by molar-refractivity contribution is 0.0342. The number of Topliss-reactive ketones (excluding diaryl/α,β-unsaturated/α-hetero) is 1. The molecule has 0 aliphatic carbocycles. The standard InChI is InChI=1S/C14H19ClN2O2/c15-13-9-11(14(18)3-4-16)1-2-12(13)10-17-5-7-19-8-6-17/h1-2,9H,3-8,10,16H2. The predicted octanol–water partition coefficient (Wildman–Crippen LogP) is 1.70. The molecule has 5 heteroatoms. The lowest BCUT2D eigenvalue weighted by atomic mass is 10.1. The maximum Gasteiger partial charge on any atom is 0.164 e. The van der Waals surface area contributed by atoms with Crippen molar-refractivity contribution in [3.63, 3.8) is 0 Å². The Kier molecular flexibility index (Phi) is 5.34. The minimum absolute atomic E-state index is 0.0438. The molecule has 1 aliphatic heterocycles. The molecule has 1 aromatic carbocycles. The lowest BCUT2D eigenvalue weighted by Gasteiger charge is -2.26. The second-order valence-electron chi connectivity index (χ2n) is 4.66. The summed E-state index contributed by atoms with van der Waals surface area (Å²) in [6, 6.07) is 5.51. The van der Waals surface area contributed by atoms with E-state index in [2.05, 4.69) is 4.90 Å². The van der Waals surface area contributed by atoms with Crippen LogP contribution in [0.25, 0.3) is 0 Å². The Labute approximate surface area is 118 Å². The summed E-state index contributed by atoms with van der Waals surface area (Å²) in [6.07, 6.45) is 0.360. The number of ketones is 1. The second-order valence-corrected chi connectivity index (χ2v) is 5.06. The van der Waals surface area contributed by atoms with Crippen LogP contribution in [0.15, 0.2) is 18.2 Å². The first-order chi connectivity index (χ1) is 9.20. The van der Waals surface area contributed by atoms with Gasteiger partial charge in [0.05, 0.1) is 13.2 Å². The zero-order chi connectivity index (χ0) is 13.7. The fraction of sp³-hybridized carbons (Fsp3) is 0.500. The van der Waals surface area contributed by atoms with Crippen molar-refractivity contribution in [2.45, 2.75) is 13.0 Å². The molecule has 2 N–H and O–H groups in total. The van der Waals surface area contributed by atoms with Crippen LogP contribution < -0.4 is 5.73 Å². The number of hydrogen-bond acceptors (Lipinski definition) is 4. The maximum atomic E-state index is 11.7. The fourth-order valence-corrected chi connectivity index (χ4v) is 2.36. The third-order valence-electron chi connectivity index (χ3n) is 3.24. The molecule has 2 rings (SSSR count). The quantitative estimate of drug-likeness (QED) is 0.835. The maximum absolute atomic E-state index is 11.7. The van der Waals surface area contributed by atoms with Crippen LogP contribution in [-0.4, -0.2) is 43.5 Å². The van der Waals surface area contributed by atoms with E-state index in [1.54, 1.807) is 6.07 Å². The molecule has 19 heavy (non-hydrogen) atoms. The summed E-state index contributed by atoms with van der Waals surface area (Å²) in [5.74, 6) is 0.0438. The Morgan fingerprint density at radius 1 is 1.37 bits per heavy atom. The van der Waals surface area contributed by atoms with Gasteiger partial charge in [-0.15, -0.1) is 0 Å². The molecular weight excluding hydrogens is 264 g/mol. The average Bonchev–Trinajstić information content (AvgIpc) is 2.42. The summed E-state index contributed by atoms with van der Waals surface area (Å²) in [4.78, 5) is 14.0. The van der Waals surface area contributed by atoms with Crippen LogP contribution >= 0.6 is 11.6 Å². The molecule has 1 fully saturated rings. The fourth-order valence-electron chi connectivity index (χ4n) is 2.12. The van der Waals surface area contributed by atoms with Crippen LogP contribution in [-0.2, 0) is 11.3 Å². The largest absolute Gasteiger partial charge is 0.379 e. The van der Waals surface area contributed by atoms with Gasteiger partial charge in [0, 0.05) is 36.6 Å². The van der Waals surface area contributed by atoms with E-state index in [-0.39, 0.29) is 5.78 Å². The van der Waals surface area contributed by atoms with Crippen molar-refractivity contribution in [2.75, 3.05) is 32.8 Å². The number of ether oxygens (including phenoxy) is 1. The highest BCUT2D eigenvalue weighted by atomic mass is 35.5. The molecule has 1 aromatic rings. The molecule has 1 heterocycles. The van der Waals surface area contributed by atoms with E-state index >= 15 is 0 Å². The number of hydrogen-bond donors (Lipinski definition) is 1. The van der Waals surface area contributed by atoms with Gasteiger partial charge < -0.3 is 10.5 Å². The first-order valence-electron chi connectivity index (χ1n) is 6.52. The van der Waals surface area contributed by atoms with E-state index < -0.39 is 0 Å². The first-order valence-corrected chi connectivity index (χ1v) is 6.90. The van der Waals surface area contributed by atoms with Gasteiger partial charge >= 0.3 is 0 Å². The van der Waals surface area contributed by atoms with E-state index in [9.17, 15) is 4.79 Å². The van der Waals surface area contributed by atoms with Crippen molar-refractivity contribution < 1.29 is 9.53 Å². The van der Waals surface area contributed by atoms with Gasteiger partial charge in [0.1, 0.15) is 0 Å². The summed E-state index contributed by atoms with van der Waals surface area (Å²) < 4.78 is 5.31. The van der Waals surface area contributed by atoms with Crippen LogP contribution in [0.4, 0.5) is 0 Å². The zero-order valence-corrected chi connectivity index (χ0v) is 11.7. The molecule has 0 radical (unpaired) electrons. The third kappa shape index (κ3) is 4.01. The summed E-state index contributed by atoms with van der Waals surface area (Å²) >= 11 is 6.25. The molecule has 0 saturated carbocycles. The Morgan fingerprint density at radius 2 is 2.11 bits per heavy atom. The van der Waals surface area contributed by atoms with E-state index in [1.807, 2.05) is 12.1 Å². The smallest absolute Gasteiger partial charge is 0.164 e. The van der Waals surface area contributed by atoms with Crippen molar-refractivity contribution in [1.82, 2.24) is 4.90 Å². The molecular formula is C14H19ClN2O2. The number of rotatable bonds is 5. The average molecular weight is 283 g/mol. The number of nitrogens with two attached hydrogens (primary N) is 1. The van der Waals surface area contributed by atoms with Crippen LogP contribution in [0.5, 0.6) is 0 Å². The lowest BCUT2D eigenvalue weighted by Crippen LogP contribution is -2.35. The van der Waals surface area contributed by atoms with Crippen LogP contribution in [0.3, 0.4) is 0 Å². The molecule has 0 amide bonds. The van der Waals surface area contributed by atoms with Crippen molar-refractivity contribution in [3.05, 3.63) is 34.3 Å². The highest BCUT2D eigenvalue weighted by Crippen LogP contribution is 2.21. The molecule has 0 aromatic heterocycles. The van der Waals surface area contributed by atoms with Crippen molar-refractivity contribution >= 4 is 17.4 Å². The zero-order valence-electron chi connectivity index (χ0n) is 10.9. The summed E-state index contributed by atoms with van der Waals surface area (Å²) in [5.41, 5.74) is 7.08. The van der Waals surface area contributed by atoms with Crippen molar-refractivity contribution in [3.8, 4) is 0 Å². The predicted molar refractivity (Wildman–Crippen MR) is 75.5 cm³/mol. The van der Waals surface area contributed by atoms with Gasteiger partial charge in [0.15, 0.2) is 5.78 Å². The highest BCUT2D eigenvalue weighted by Gasteiger charge is 2.13. The highest BCUT2D eigenvalue weighted by molar-refractivity contribution is 6.31. The first kappa shape index (κ1) is 14.5. The van der Waals surface area contributed by atoms with E-state index in [0.29, 0.717) is 23.6 Å². The van der Waals surface area contributed by atoms with Gasteiger partial charge in [-0.3, -0.25) is 9.69 Å². The van der Waals surface area contributed by atoms with Gasteiger partial charge in [-0.1, -0.05) is 23.7 Å². The number of carbonyl (C=O) groups is 1. The van der Waals surface area contributed by atoms with Gasteiger partial charge in [-0.25, -0.2) is 0 Å². The number of benzene rings is 1. The third-order valence-corrected chi connectivity index (χ3v) is 3.60. The summed E-state index contributed by atoms with van der Waals surface area (Å²) in [5, 5.41) is 0.648.